The second kappa shape index (κ2) is 2.88. The molecule has 0 aliphatic carbocycles. The van der Waals surface area contributed by atoms with Gasteiger partial charge in [0.15, 0.2) is 0 Å². The summed E-state index contributed by atoms with van der Waals surface area (Å²) in [6.07, 6.45) is 4.79. The van der Waals surface area contributed by atoms with Crippen LogP contribution in [-0.4, -0.2) is 25.0 Å². The zero-order valence-electron chi connectivity index (χ0n) is 7.58. The van der Waals surface area contributed by atoms with Crippen LogP contribution in [0.2, 0.25) is 0 Å². The maximum Gasteiger partial charge on any atom is 0.231 e. The first-order valence-corrected chi connectivity index (χ1v) is 4.34. The van der Waals surface area contributed by atoms with E-state index in [0.717, 1.165) is 5.56 Å². The Bertz CT molecular complexity index is 529. The summed E-state index contributed by atoms with van der Waals surface area (Å²) < 4.78 is 5.40. The van der Waals surface area contributed by atoms with Crippen molar-refractivity contribution in [1.29, 1.82) is 0 Å². The average molecular weight is 202 g/mol. The van der Waals surface area contributed by atoms with E-state index in [4.69, 9.17) is 4.74 Å². The SMILES string of the molecule is Oc1ncnc2c1Cc1cncnc1O2. The summed E-state index contributed by atoms with van der Waals surface area (Å²) in [6.45, 7) is 0. The number of rotatable bonds is 0. The average Bonchev–Trinajstić information content (AvgIpc) is 2.27. The Morgan fingerprint density at radius 3 is 2.93 bits per heavy atom. The first kappa shape index (κ1) is 8.10. The summed E-state index contributed by atoms with van der Waals surface area (Å²) in [5.74, 6) is 0.777. The molecule has 1 N–H and O–H groups in total. The van der Waals surface area contributed by atoms with E-state index < -0.39 is 0 Å². The van der Waals surface area contributed by atoms with Gasteiger partial charge in [0.1, 0.15) is 12.7 Å². The lowest BCUT2D eigenvalue weighted by molar-refractivity contribution is 0.394. The highest BCUT2D eigenvalue weighted by molar-refractivity contribution is 5.45. The van der Waals surface area contributed by atoms with E-state index in [9.17, 15) is 5.11 Å². The van der Waals surface area contributed by atoms with E-state index in [0.29, 0.717) is 23.7 Å². The van der Waals surface area contributed by atoms with Crippen LogP contribution in [0, 0.1) is 0 Å². The molecule has 2 aromatic heterocycles. The van der Waals surface area contributed by atoms with Gasteiger partial charge >= 0.3 is 0 Å². The van der Waals surface area contributed by atoms with E-state index in [1.807, 2.05) is 0 Å². The van der Waals surface area contributed by atoms with Crippen molar-refractivity contribution in [3.8, 4) is 17.6 Å². The molecule has 0 saturated carbocycles. The Hall–Kier alpha value is -2.24. The van der Waals surface area contributed by atoms with Crippen molar-refractivity contribution in [1.82, 2.24) is 19.9 Å². The minimum Gasteiger partial charge on any atom is -0.493 e. The van der Waals surface area contributed by atoms with Crippen LogP contribution in [-0.2, 0) is 6.42 Å². The van der Waals surface area contributed by atoms with E-state index in [2.05, 4.69) is 19.9 Å². The number of hydrogen-bond donors (Lipinski definition) is 1. The number of aromatic nitrogens is 4. The Morgan fingerprint density at radius 2 is 2.00 bits per heavy atom. The van der Waals surface area contributed by atoms with Crippen LogP contribution in [0.5, 0.6) is 17.6 Å². The van der Waals surface area contributed by atoms with E-state index >= 15 is 0 Å². The molecular formula is C9H6N4O2. The van der Waals surface area contributed by atoms with Crippen molar-refractivity contribution in [3.63, 3.8) is 0 Å². The minimum atomic E-state index is -0.0606. The summed E-state index contributed by atoms with van der Waals surface area (Å²) in [5, 5.41) is 9.51. The summed E-state index contributed by atoms with van der Waals surface area (Å²) in [6, 6.07) is 0. The molecule has 0 bridgehead atoms. The van der Waals surface area contributed by atoms with Gasteiger partial charge in [0.2, 0.25) is 17.6 Å². The Labute approximate surface area is 84.6 Å². The third-order valence-corrected chi connectivity index (χ3v) is 2.19. The standard InChI is InChI=1S/C9H6N4O2/c14-7-6-1-5-2-10-3-12-8(5)15-9(6)13-4-11-7/h2-4H,1H2,(H,11,13,14). The van der Waals surface area contributed by atoms with Gasteiger partial charge < -0.3 is 9.84 Å². The Balaban J connectivity index is 2.15. The highest BCUT2D eigenvalue weighted by Crippen LogP contribution is 2.35. The normalized spacial score (nSPS) is 12.5. The van der Waals surface area contributed by atoms with Crippen molar-refractivity contribution >= 4 is 0 Å². The smallest absolute Gasteiger partial charge is 0.231 e. The molecule has 0 spiro atoms. The molecular weight excluding hydrogens is 196 g/mol. The van der Waals surface area contributed by atoms with Crippen molar-refractivity contribution in [3.05, 3.63) is 30.0 Å². The van der Waals surface area contributed by atoms with E-state index in [-0.39, 0.29) is 5.88 Å². The summed E-state index contributed by atoms with van der Waals surface area (Å²) in [5.41, 5.74) is 1.38. The monoisotopic (exact) mass is 202 g/mol. The van der Waals surface area contributed by atoms with Gasteiger partial charge in [-0.3, -0.25) is 0 Å². The minimum absolute atomic E-state index is 0.0606. The van der Waals surface area contributed by atoms with Crippen LogP contribution in [0.3, 0.4) is 0 Å². The second-order valence-corrected chi connectivity index (χ2v) is 3.11. The number of nitrogens with zero attached hydrogens (tertiary/aromatic N) is 4. The molecule has 2 aromatic rings. The van der Waals surface area contributed by atoms with Crippen molar-refractivity contribution < 1.29 is 9.84 Å². The van der Waals surface area contributed by atoms with E-state index in [1.165, 1.54) is 12.7 Å². The highest BCUT2D eigenvalue weighted by Gasteiger charge is 2.22. The molecule has 15 heavy (non-hydrogen) atoms. The van der Waals surface area contributed by atoms with Gasteiger partial charge in [0.25, 0.3) is 0 Å². The van der Waals surface area contributed by atoms with Crippen LogP contribution < -0.4 is 4.74 Å². The van der Waals surface area contributed by atoms with Gasteiger partial charge in [-0.15, -0.1) is 0 Å². The van der Waals surface area contributed by atoms with Crippen LogP contribution in [0.1, 0.15) is 11.1 Å². The lowest BCUT2D eigenvalue weighted by atomic mass is 10.1. The predicted molar refractivity (Wildman–Crippen MR) is 48.6 cm³/mol. The van der Waals surface area contributed by atoms with Crippen molar-refractivity contribution in [2.24, 2.45) is 0 Å². The summed E-state index contributed by atoms with van der Waals surface area (Å²) in [4.78, 5) is 15.5. The quantitative estimate of drug-likeness (QED) is 0.577. The van der Waals surface area contributed by atoms with Gasteiger partial charge in [-0.05, 0) is 0 Å². The second-order valence-electron chi connectivity index (χ2n) is 3.11. The maximum atomic E-state index is 9.51. The molecule has 0 radical (unpaired) electrons. The predicted octanol–water partition coefficient (Wildman–Crippen LogP) is 0.669. The molecule has 3 rings (SSSR count). The zero-order valence-corrected chi connectivity index (χ0v) is 7.58. The summed E-state index contributed by atoms with van der Waals surface area (Å²) >= 11 is 0. The fraction of sp³-hybridized carbons (Fsp3) is 0.111. The molecule has 0 fully saturated rings. The summed E-state index contributed by atoms with van der Waals surface area (Å²) in [7, 11) is 0. The van der Waals surface area contributed by atoms with Gasteiger partial charge in [-0.2, -0.15) is 0 Å². The molecule has 74 valence electrons. The lowest BCUT2D eigenvalue weighted by Gasteiger charge is -2.16. The van der Waals surface area contributed by atoms with Crippen molar-refractivity contribution in [2.45, 2.75) is 6.42 Å². The van der Waals surface area contributed by atoms with Crippen LogP contribution >= 0.6 is 0 Å². The first-order chi connectivity index (χ1) is 7.34. The molecule has 3 heterocycles. The van der Waals surface area contributed by atoms with E-state index in [1.54, 1.807) is 6.20 Å². The number of ether oxygens (including phenoxy) is 1. The molecule has 6 nitrogen and oxygen atoms in total. The molecule has 0 amide bonds. The number of aromatic hydroxyl groups is 1. The molecule has 1 aliphatic heterocycles. The topological polar surface area (TPSA) is 81.0 Å². The van der Waals surface area contributed by atoms with Gasteiger partial charge in [0.05, 0.1) is 5.56 Å². The fourth-order valence-electron chi connectivity index (χ4n) is 1.47. The molecule has 0 saturated heterocycles. The van der Waals surface area contributed by atoms with Gasteiger partial charge in [0, 0.05) is 18.2 Å². The van der Waals surface area contributed by atoms with Crippen LogP contribution in [0.15, 0.2) is 18.9 Å². The maximum absolute atomic E-state index is 9.51. The first-order valence-electron chi connectivity index (χ1n) is 4.34. The fourth-order valence-corrected chi connectivity index (χ4v) is 1.47. The number of fused-ring (bicyclic) bond motifs is 2. The highest BCUT2D eigenvalue weighted by atomic mass is 16.5. The number of hydrogen-bond acceptors (Lipinski definition) is 6. The third kappa shape index (κ3) is 1.18. The van der Waals surface area contributed by atoms with Gasteiger partial charge in [-0.25, -0.2) is 19.9 Å². The molecule has 6 heteroatoms. The molecule has 0 atom stereocenters. The van der Waals surface area contributed by atoms with Crippen LogP contribution in [0.25, 0.3) is 0 Å². The van der Waals surface area contributed by atoms with Crippen LogP contribution in [0.4, 0.5) is 0 Å². The third-order valence-electron chi connectivity index (χ3n) is 2.19. The van der Waals surface area contributed by atoms with Crippen molar-refractivity contribution in [2.75, 3.05) is 0 Å². The molecule has 1 aliphatic rings. The molecule has 0 unspecified atom stereocenters. The lowest BCUT2D eigenvalue weighted by Crippen LogP contribution is -2.07. The van der Waals surface area contributed by atoms with Gasteiger partial charge in [-0.1, -0.05) is 0 Å². The Morgan fingerprint density at radius 1 is 1.13 bits per heavy atom. The Kier molecular flexibility index (Phi) is 1.55. The zero-order chi connectivity index (χ0) is 10.3. The molecule has 0 aromatic carbocycles. The largest absolute Gasteiger partial charge is 0.493 e.